The lowest BCUT2D eigenvalue weighted by molar-refractivity contribution is -0.121. The summed E-state index contributed by atoms with van der Waals surface area (Å²) in [6, 6.07) is 0.444. The maximum absolute atomic E-state index is 11.9. The van der Waals surface area contributed by atoms with Crippen molar-refractivity contribution in [2.24, 2.45) is 0 Å². The Morgan fingerprint density at radius 2 is 1.18 bits per heavy atom. The van der Waals surface area contributed by atoms with Crippen molar-refractivity contribution < 1.29 is 9.59 Å². The van der Waals surface area contributed by atoms with Gasteiger partial charge in [0.2, 0.25) is 11.8 Å². The predicted molar refractivity (Wildman–Crippen MR) is 119 cm³/mol. The minimum Gasteiger partial charge on any atom is -0.355 e. The van der Waals surface area contributed by atoms with E-state index in [1.54, 1.807) is 0 Å². The zero-order valence-corrected chi connectivity index (χ0v) is 18.8. The van der Waals surface area contributed by atoms with E-state index in [-0.39, 0.29) is 23.9 Å². The number of unbranched alkanes of at least 4 members (excludes halogenated alkanes) is 4. The Balaban J connectivity index is 3.92. The first-order valence-corrected chi connectivity index (χ1v) is 10.9. The molecule has 0 aromatic rings. The van der Waals surface area contributed by atoms with E-state index in [9.17, 15) is 9.59 Å². The average molecular weight is 394 g/mol. The summed E-state index contributed by atoms with van der Waals surface area (Å²) in [6.45, 7) is 9.51. The van der Waals surface area contributed by atoms with Gasteiger partial charge in [-0.2, -0.15) is 0 Å². The van der Waals surface area contributed by atoms with E-state index in [4.69, 9.17) is 0 Å². The van der Waals surface area contributed by atoms with E-state index < -0.39 is 0 Å². The molecule has 5 nitrogen and oxygen atoms in total. The van der Waals surface area contributed by atoms with Gasteiger partial charge < -0.3 is 10.6 Å². The van der Waals surface area contributed by atoms with Crippen LogP contribution in [0.4, 0.5) is 0 Å². The summed E-state index contributed by atoms with van der Waals surface area (Å²) in [6.07, 6.45) is 15.6. The number of hydrogen-bond donors (Lipinski definition) is 2. The summed E-state index contributed by atoms with van der Waals surface area (Å²) in [5, 5.41) is 6.05. The number of carbonyl (C=O) groups excluding carboxylic acids is 2. The molecular formula is C23H43N3O2. The molecule has 0 saturated carbocycles. The van der Waals surface area contributed by atoms with E-state index in [2.05, 4.69) is 41.5 Å². The van der Waals surface area contributed by atoms with Crippen molar-refractivity contribution in [1.29, 1.82) is 0 Å². The van der Waals surface area contributed by atoms with Crippen molar-refractivity contribution in [1.82, 2.24) is 15.5 Å². The third kappa shape index (κ3) is 14.4. The highest BCUT2D eigenvalue weighted by molar-refractivity contribution is 5.76. The normalized spacial score (nSPS) is 13.9. The molecule has 0 aliphatic heterocycles. The fourth-order valence-electron chi connectivity index (χ4n) is 2.85. The van der Waals surface area contributed by atoms with E-state index in [0.717, 1.165) is 38.5 Å². The zero-order chi connectivity index (χ0) is 21.2. The Morgan fingerprint density at radius 3 is 1.54 bits per heavy atom. The molecule has 2 N–H and O–H groups in total. The monoisotopic (exact) mass is 393 g/mol. The third-order valence-corrected chi connectivity index (χ3v) is 5.10. The zero-order valence-electron chi connectivity index (χ0n) is 18.8. The molecule has 0 heterocycles. The van der Waals surface area contributed by atoms with Crippen LogP contribution in [-0.2, 0) is 9.59 Å². The number of allylic oxidation sites excluding steroid dienone is 4. The summed E-state index contributed by atoms with van der Waals surface area (Å²) in [7, 11) is 2.04. The number of likely N-dealkylation sites (N-methyl/N-ethyl adjacent to an activating group) is 1. The lowest BCUT2D eigenvalue weighted by atomic mass is 10.1. The number of carbonyl (C=O) groups is 2. The lowest BCUT2D eigenvalue weighted by Gasteiger charge is -2.31. The second-order valence-corrected chi connectivity index (χ2v) is 7.60. The fourth-order valence-corrected chi connectivity index (χ4v) is 2.85. The highest BCUT2D eigenvalue weighted by Crippen LogP contribution is 2.04. The summed E-state index contributed by atoms with van der Waals surface area (Å²) in [5.41, 5.74) is 0. The Hall–Kier alpha value is -1.62. The minimum absolute atomic E-state index is 0.125. The first-order valence-electron chi connectivity index (χ1n) is 10.9. The second kappa shape index (κ2) is 17.5. The van der Waals surface area contributed by atoms with Gasteiger partial charge in [0.1, 0.15) is 0 Å². The largest absolute Gasteiger partial charge is 0.355 e. The maximum atomic E-state index is 11.9. The molecule has 0 aliphatic rings. The van der Waals surface area contributed by atoms with Gasteiger partial charge in [-0.3, -0.25) is 14.5 Å². The molecule has 0 spiro atoms. The highest BCUT2D eigenvalue weighted by atomic mass is 16.2. The average Bonchev–Trinajstić information content (AvgIpc) is 2.69. The van der Waals surface area contributed by atoms with Gasteiger partial charge in [0.15, 0.2) is 0 Å². The van der Waals surface area contributed by atoms with E-state index in [0.29, 0.717) is 25.9 Å². The Morgan fingerprint density at radius 1 is 0.786 bits per heavy atom. The van der Waals surface area contributed by atoms with Gasteiger partial charge in [-0.15, -0.1) is 0 Å². The topological polar surface area (TPSA) is 61.4 Å². The van der Waals surface area contributed by atoms with Crippen molar-refractivity contribution in [3.63, 3.8) is 0 Å². The van der Waals surface area contributed by atoms with Crippen molar-refractivity contribution in [3.8, 4) is 0 Å². The summed E-state index contributed by atoms with van der Waals surface area (Å²) < 4.78 is 0. The van der Waals surface area contributed by atoms with Crippen LogP contribution in [0.3, 0.4) is 0 Å². The van der Waals surface area contributed by atoms with Crippen molar-refractivity contribution in [2.75, 3.05) is 20.1 Å². The predicted octanol–water partition coefficient (Wildman–Crippen LogP) is 4.20. The molecule has 0 saturated heterocycles. The van der Waals surface area contributed by atoms with Crippen LogP contribution in [0, 0.1) is 0 Å². The molecule has 5 heteroatoms. The van der Waals surface area contributed by atoms with Crippen LogP contribution in [0.5, 0.6) is 0 Å². The van der Waals surface area contributed by atoms with Crippen LogP contribution in [0.15, 0.2) is 24.3 Å². The first kappa shape index (κ1) is 26.4. The number of amides is 2. The smallest absolute Gasteiger partial charge is 0.220 e. The molecule has 0 radical (unpaired) electrons. The quantitative estimate of drug-likeness (QED) is 0.305. The van der Waals surface area contributed by atoms with Crippen molar-refractivity contribution in [3.05, 3.63) is 24.3 Å². The Bertz CT molecular complexity index is 432. The number of rotatable bonds is 16. The van der Waals surface area contributed by atoms with Crippen LogP contribution in [0.25, 0.3) is 0 Å². The Kier molecular flexibility index (Phi) is 16.5. The highest BCUT2D eigenvalue weighted by Gasteiger charge is 2.17. The van der Waals surface area contributed by atoms with E-state index in [1.165, 1.54) is 0 Å². The molecule has 28 heavy (non-hydrogen) atoms. The minimum atomic E-state index is 0.125. The van der Waals surface area contributed by atoms with Gasteiger partial charge in [0.05, 0.1) is 0 Å². The molecule has 0 rings (SSSR count). The molecule has 0 aromatic carbocycles. The first-order chi connectivity index (χ1) is 13.4. The van der Waals surface area contributed by atoms with Crippen LogP contribution in [0.2, 0.25) is 0 Å². The molecule has 0 aromatic heterocycles. The third-order valence-electron chi connectivity index (χ3n) is 5.10. The van der Waals surface area contributed by atoms with Gasteiger partial charge in [-0.05, 0) is 73.3 Å². The van der Waals surface area contributed by atoms with Gasteiger partial charge in [-0.1, -0.05) is 24.3 Å². The van der Waals surface area contributed by atoms with Crippen molar-refractivity contribution >= 4 is 11.8 Å². The second-order valence-electron chi connectivity index (χ2n) is 7.60. The molecule has 2 amide bonds. The van der Waals surface area contributed by atoms with Gasteiger partial charge in [-0.25, -0.2) is 0 Å². The Labute approximate surface area is 173 Å². The van der Waals surface area contributed by atoms with Crippen LogP contribution < -0.4 is 10.6 Å². The van der Waals surface area contributed by atoms with Crippen LogP contribution in [0.1, 0.15) is 79.1 Å². The van der Waals surface area contributed by atoms with Crippen LogP contribution >= 0.6 is 0 Å². The van der Waals surface area contributed by atoms with Gasteiger partial charge in [0, 0.05) is 38.0 Å². The maximum Gasteiger partial charge on any atom is 0.220 e. The summed E-state index contributed by atoms with van der Waals surface area (Å²) in [5.74, 6) is 0.249. The summed E-state index contributed by atoms with van der Waals surface area (Å²) in [4.78, 5) is 26.1. The number of nitrogens with one attached hydrogen (secondary N) is 2. The van der Waals surface area contributed by atoms with Gasteiger partial charge >= 0.3 is 0 Å². The molecular weight excluding hydrogens is 350 g/mol. The van der Waals surface area contributed by atoms with E-state index in [1.807, 2.05) is 33.0 Å². The van der Waals surface area contributed by atoms with Crippen molar-refractivity contribution in [2.45, 2.75) is 91.1 Å². The molecule has 0 fully saturated rings. The molecule has 2 unspecified atom stereocenters. The van der Waals surface area contributed by atoms with E-state index >= 15 is 0 Å². The number of hydrogen-bond acceptors (Lipinski definition) is 3. The summed E-state index contributed by atoms with van der Waals surface area (Å²) >= 11 is 0. The van der Waals surface area contributed by atoms with Crippen LogP contribution in [-0.4, -0.2) is 48.9 Å². The fraction of sp³-hybridized carbons (Fsp3) is 0.739. The standard InChI is InChI=1S/C23H43N3O2/c1-6-8-10-12-14-16-22(27)24-18-20(3)26(5)21(4)19-25-23(28)17-15-13-11-9-7-2/h6-9,20-21H,10-19H2,1-5H3,(H,24,27)(H,25,28)/b8-6+,9-7+. The molecule has 162 valence electrons. The van der Waals surface area contributed by atoms with Gasteiger partial charge in [0.25, 0.3) is 0 Å². The molecule has 0 aliphatic carbocycles. The molecule has 2 atom stereocenters. The SMILES string of the molecule is C/C=C/CCCCC(=O)NCC(C)N(C)C(C)CNC(=O)CCCC/C=C/C. The molecule has 0 bridgehead atoms. The lowest BCUT2D eigenvalue weighted by Crippen LogP contribution is -2.48. The number of nitrogens with zero attached hydrogens (tertiary/aromatic N) is 1.